The number of ether oxygens (including phenoxy) is 1. The van der Waals surface area contributed by atoms with Crippen LogP contribution in [-0.4, -0.2) is 24.2 Å². The lowest BCUT2D eigenvalue weighted by Crippen LogP contribution is -2.26. The highest BCUT2D eigenvalue weighted by Gasteiger charge is 2.28. The van der Waals surface area contributed by atoms with Gasteiger partial charge >= 0.3 is 0 Å². The Balaban J connectivity index is 2.03. The molecule has 1 fully saturated rings. The van der Waals surface area contributed by atoms with Crippen LogP contribution in [0.4, 0.5) is 0 Å². The molecule has 3 nitrogen and oxygen atoms in total. The monoisotopic (exact) mass is 268 g/mol. The van der Waals surface area contributed by atoms with Crippen LogP contribution in [0.5, 0.6) is 0 Å². The second-order valence-electron chi connectivity index (χ2n) is 5.16. The van der Waals surface area contributed by atoms with Gasteiger partial charge in [-0.3, -0.25) is 0 Å². The van der Waals surface area contributed by atoms with Crippen molar-refractivity contribution in [1.29, 1.82) is 0 Å². The second-order valence-corrected chi connectivity index (χ2v) is 6.02. The molecule has 1 aromatic rings. The molecule has 4 heteroatoms. The highest BCUT2D eigenvalue weighted by Crippen LogP contribution is 2.31. The lowest BCUT2D eigenvalue weighted by Gasteiger charge is -2.25. The van der Waals surface area contributed by atoms with Gasteiger partial charge in [0.15, 0.2) is 0 Å². The summed E-state index contributed by atoms with van der Waals surface area (Å²) in [6.45, 7) is 8.25. The van der Waals surface area contributed by atoms with Crippen molar-refractivity contribution in [3.63, 3.8) is 0 Å². The van der Waals surface area contributed by atoms with E-state index in [4.69, 9.17) is 9.72 Å². The van der Waals surface area contributed by atoms with Crippen LogP contribution in [-0.2, 0) is 16.8 Å². The number of nitrogens with zero attached hydrogens (tertiary/aromatic N) is 1. The van der Waals surface area contributed by atoms with Gasteiger partial charge in [0.2, 0.25) is 0 Å². The maximum atomic E-state index is 5.88. The predicted octanol–water partition coefficient (Wildman–Crippen LogP) is 3.10. The summed E-state index contributed by atoms with van der Waals surface area (Å²) in [7, 11) is 0. The summed E-state index contributed by atoms with van der Waals surface area (Å²) in [6.07, 6.45) is 4.61. The van der Waals surface area contributed by atoms with E-state index < -0.39 is 0 Å². The Labute approximate surface area is 114 Å². The summed E-state index contributed by atoms with van der Waals surface area (Å²) in [5, 5.41) is 6.85. The fourth-order valence-corrected chi connectivity index (χ4v) is 3.48. The summed E-state index contributed by atoms with van der Waals surface area (Å²) in [4.78, 5) is 4.79. The number of hydrogen-bond donors (Lipinski definition) is 1. The first-order valence-electron chi connectivity index (χ1n) is 7.00. The fourth-order valence-electron chi connectivity index (χ4n) is 2.46. The standard InChI is InChI=1S/C14H24N2OS/c1-4-14(3,17-5-2)13-16-12(10-18-13)9-11-7-6-8-15-11/h10-11,15H,4-9H2,1-3H3. The zero-order valence-corrected chi connectivity index (χ0v) is 12.5. The zero-order chi connectivity index (χ0) is 13.0. The molecule has 0 amide bonds. The molecule has 18 heavy (non-hydrogen) atoms. The molecule has 0 bridgehead atoms. The predicted molar refractivity (Wildman–Crippen MR) is 76.1 cm³/mol. The molecule has 2 atom stereocenters. The van der Waals surface area contributed by atoms with Crippen molar-refractivity contribution in [3.05, 3.63) is 16.1 Å². The van der Waals surface area contributed by atoms with Gasteiger partial charge in [-0.2, -0.15) is 0 Å². The number of rotatable bonds is 6. The van der Waals surface area contributed by atoms with Crippen molar-refractivity contribution < 1.29 is 4.74 Å². The highest BCUT2D eigenvalue weighted by atomic mass is 32.1. The van der Waals surface area contributed by atoms with E-state index in [9.17, 15) is 0 Å². The summed E-state index contributed by atoms with van der Waals surface area (Å²) in [6, 6.07) is 0.625. The summed E-state index contributed by atoms with van der Waals surface area (Å²) < 4.78 is 5.88. The molecular weight excluding hydrogens is 244 g/mol. The third-order valence-electron chi connectivity index (χ3n) is 3.76. The van der Waals surface area contributed by atoms with E-state index in [0.29, 0.717) is 6.04 Å². The Kier molecular flexibility index (Phi) is 4.76. The molecular formula is C14H24N2OS. The lowest BCUT2D eigenvalue weighted by molar-refractivity contribution is -0.0325. The average molecular weight is 268 g/mol. The molecule has 0 aliphatic carbocycles. The van der Waals surface area contributed by atoms with E-state index in [2.05, 4.69) is 24.5 Å². The van der Waals surface area contributed by atoms with Crippen LogP contribution >= 0.6 is 11.3 Å². The Morgan fingerprint density at radius 3 is 3.00 bits per heavy atom. The third kappa shape index (κ3) is 3.11. The highest BCUT2D eigenvalue weighted by molar-refractivity contribution is 7.09. The van der Waals surface area contributed by atoms with Crippen molar-refractivity contribution in [2.75, 3.05) is 13.2 Å². The van der Waals surface area contributed by atoms with Crippen LogP contribution in [0.15, 0.2) is 5.38 Å². The number of nitrogens with one attached hydrogen (secondary N) is 1. The van der Waals surface area contributed by atoms with Crippen molar-refractivity contribution in [2.45, 2.75) is 58.1 Å². The normalized spacial score (nSPS) is 23.2. The SMILES string of the molecule is CCOC(C)(CC)c1nc(CC2CCCN2)cs1. The molecule has 0 saturated carbocycles. The second kappa shape index (κ2) is 6.13. The lowest BCUT2D eigenvalue weighted by atomic mass is 10.0. The van der Waals surface area contributed by atoms with Crippen LogP contribution < -0.4 is 5.32 Å². The van der Waals surface area contributed by atoms with Crippen LogP contribution in [0, 0.1) is 0 Å². The van der Waals surface area contributed by atoms with Gasteiger partial charge in [0.25, 0.3) is 0 Å². The summed E-state index contributed by atoms with van der Waals surface area (Å²) in [5.41, 5.74) is 1.01. The average Bonchev–Trinajstić information content (AvgIpc) is 3.01. The summed E-state index contributed by atoms with van der Waals surface area (Å²) in [5.74, 6) is 0. The Morgan fingerprint density at radius 1 is 1.56 bits per heavy atom. The molecule has 1 aliphatic heterocycles. The minimum Gasteiger partial charge on any atom is -0.368 e. The molecule has 1 saturated heterocycles. The number of thiazole rings is 1. The van der Waals surface area contributed by atoms with Gasteiger partial charge in [-0.15, -0.1) is 11.3 Å². The fraction of sp³-hybridized carbons (Fsp3) is 0.786. The molecule has 1 N–H and O–H groups in total. The van der Waals surface area contributed by atoms with E-state index >= 15 is 0 Å². The van der Waals surface area contributed by atoms with Gasteiger partial charge in [0, 0.05) is 24.4 Å². The minimum absolute atomic E-state index is 0.208. The van der Waals surface area contributed by atoms with Gasteiger partial charge in [-0.25, -0.2) is 4.98 Å². The molecule has 0 spiro atoms. The van der Waals surface area contributed by atoms with E-state index in [0.717, 1.165) is 31.0 Å². The Hall–Kier alpha value is -0.450. The van der Waals surface area contributed by atoms with Gasteiger partial charge in [0.1, 0.15) is 10.6 Å². The first kappa shape index (κ1) is 14.0. The van der Waals surface area contributed by atoms with Crippen molar-refractivity contribution in [1.82, 2.24) is 10.3 Å². The molecule has 1 aromatic heterocycles. The van der Waals surface area contributed by atoms with Gasteiger partial charge in [-0.05, 0) is 39.7 Å². The zero-order valence-electron chi connectivity index (χ0n) is 11.7. The van der Waals surface area contributed by atoms with Crippen molar-refractivity contribution in [2.24, 2.45) is 0 Å². The first-order valence-corrected chi connectivity index (χ1v) is 7.88. The smallest absolute Gasteiger partial charge is 0.125 e. The molecule has 1 aliphatic rings. The van der Waals surface area contributed by atoms with Gasteiger partial charge < -0.3 is 10.1 Å². The van der Waals surface area contributed by atoms with Crippen molar-refractivity contribution >= 4 is 11.3 Å². The minimum atomic E-state index is -0.208. The quantitative estimate of drug-likeness (QED) is 0.861. The maximum absolute atomic E-state index is 5.88. The van der Waals surface area contributed by atoms with E-state index in [1.807, 2.05) is 6.92 Å². The van der Waals surface area contributed by atoms with Crippen LogP contribution in [0.3, 0.4) is 0 Å². The molecule has 2 heterocycles. The molecule has 0 aromatic carbocycles. The molecule has 2 rings (SSSR count). The van der Waals surface area contributed by atoms with E-state index in [-0.39, 0.29) is 5.60 Å². The first-order chi connectivity index (χ1) is 8.68. The largest absolute Gasteiger partial charge is 0.368 e. The number of hydrogen-bond acceptors (Lipinski definition) is 4. The van der Waals surface area contributed by atoms with E-state index in [1.165, 1.54) is 18.5 Å². The Morgan fingerprint density at radius 2 is 2.39 bits per heavy atom. The Bertz CT molecular complexity index is 374. The van der Waals surface area contributed by atoms with Gasteiger partial charge in [0.05, 0.1) is 5.69 Å². The molecule has 102 valence electrons. The maximum Gasteiger partial charge on any atom is 0.125 e. The molecule has 2 unspecified atom stereocenters. The number of aromatic nitrogens is 1. The topological polar surface area (TPSA) is 34.1 Å². The van der Waals surface area contributed by atoms with Crippen molar-refractivity contribution in [3.8, 4) is 0 Å². The van der Waals surface area contributed by atoms with Crippen LogP contribution in [0.1, 0.15) is 50.7 Å². The molecule has 0 radical (unpaired) electrons. The van der Waals surface area contributed by atoms with Crippen LogP contribution in [0.25, 0.3) is 0 Å². The van der Waals surface area contributed by atoms with Gasteiger partial charge in [-0.1, -0.05) is 6.92 Å². The summed E-state index contributed by atoms with van der Waals surface area (Å²) >= 11 is 1.74. The third-order valence-corrected chi connectivity index (χ3v) is 4.90. The van der Waals surface area contributed by atoms with Crippen LogP contribution in [0.2, 0.25) is 0 Å². The van der Waals surface area contributed by atoms with E-state index in [1.54, 1.807) is 11.3 Å².